The van der Waals surface area contributed by atoms with Crippen molar-refractivity contribution in [3.8, 4) is 0 Å². The lowest BCUT2D eigenvalue weighted by Gasteiger charge is -2.13. The number of amides is 2. The van der Waals surface area contributed by atoms with Crippen LogP contribution in [0.25, 0.3) is 0 Å². The van der Waals surface area contributed by atoms with Crippen LogP contribution in [0.1, 0.15) is 32.1 Å². The molecule has 0 N–H and O–H groups in total. The second-order valence-corrected chi connectivity index (χ2v) is 6.69. The van der Waals surface area contributed by atoms with Gasteiger partial charge in [-0.25, -0.2) is 9.97 Å². The predicted octanol–water partition coefficient (Wildman–Crippen LogP) is 2.02. The number of aromatic nitrogens is 2. The molecule has 8 heteroatoms. The summed E-state index contributed by atoms with van der Waals surface area (Å²) in [5.41, 5.74) is 2.43. The Morgan fingerprint density at radius 3 is 2.23 bits per heavy atom. The minimum atomic E-state index is -0.450. The number of rotatable bonds is 6. The van der Waals surface area contributed by atoms with Gasteiger partial charge in [-0.05, 0) is 32.0 Å². The zero-order chi connectivity index (χ0) is 18.7. The van der Waals surface area contributed by atoms with Gasteiger partial charge in [-0.3, -0.25) is 19.3 Å². The van der Waals surface area contributed by atoms with Gasteiger partial charge in [0.15, 0.2) is 5.16 Å². The fourth-order valence-corrected chi connectivity index (χ4v) is 3.36. The van der Waals surface area contributed by atoms with Crippen LogP contribution in [0.2, 0.25) is 0 Å². The number of thioether (sulfide) groups is 1. The Balaban J connectivity index is 1.47. The summed E-state index contributed by atoms with van der Waals surface area (Å²) in [6, 6.07) is 8.49. The first-order chi connectivity index (χ1) is 12.5. The Morgan fingerprint density at radius 1 is 1.08 bits per heavy atom. The molecule has 0 bridgehead atoms. The Hall–Kier alpha value is -2.74. The van der Waals surface area contributed by atoms with E-state index in [1.165, 1.54) is 11.8 Å². The second kappa shape index (κ2) is 7.65. The highest BCUT2D eigenvalue weighted by atomic mass is 32.2. The lowest BCUT2D eigenvalue weighted by atomic mass is 10.1. The van der Waals surface area contributed by atoms with Gasteiger partial charge in [-0.2, -0.15) is 0 Å². The van der Waals surface area contributed by atoms with Crippen LogP contribution < -0.4 is 0 Å². The first-order valence-corrected chi connectivity index (χ1v) is 9.00. The number of imide groups is 1. The molecule has 1 aromatic carbocycles. The van der Waals surface area contributed by atoms with Gasteiger partial charge in [0.1, 0.15) is 6.61 Å². The minimum Gasteiger partial charge on any atom is -0.463 e. The molecular weight excluding hydrogens is 354 g/mol. The number of ether oxygens (including phenoxy) is 1. The summed E-state index contributed by atoms with van der Waals surface area (Å²) < 4.78 is 5.12. The van der Waals surface area contributed by atoms with E-state index in [1.54, 1.807) is 24.3 Å². The van der Waals surface area contributed by atoms with Crippen molar-refractivity contribution in [1.29, 1.82) is 0 Å². The largest absolute Gasteiger partial charge is 0.463 e. The molecule has 0 saturated heterocycles. The quantitative estimate of drug-likeness (QED) is 0.332. The predicted molar refractivity (Wildman–Crippen MR) is 95.0 cm³/mol. The molecule has 26 heavy (non-hydrogen) atoms. The Kier molecular flexibility index (Phi) is 5.32. The Morgan fingerprint density at radius 2 is 1.65 bits per heavy atom. The van der Waals surface area contributed by atoms with Crippen LogP contribution in [0.3, 0.4) is 0 Å². The monoisotopic (exact) mass is 371 g/mol. The molecule has 0 spiro atoms. The molecule has 2 aromatic rings. The summed E-state index contributed by atoms with van der Waals surface area (Å²) in [5, 5.41) is 0.514. The third kappa shape index (κ3) is 3.91. The Labute approximate surface area is 154 Å². The van der Waals surface area contributed by atoms with Gasteiger partial charge in [0.25, 0.3) is 11.8 Å². The van der Waals surface area contributed by atoms with E-state index < -0.39 is 5.97 Å². The first-order valence-electron chi connectivity index (χ1n) is 8.01. The van der Waals surface area contributed by atoms with Crippen LogP contribution in [0.4, 0.5) is 0 Å². The summed E-state index contributed by atoms with van der Waals surface area (Å²) in [6.07, 6.45) is 0. The maximum Gasteiger partial charge on any atom is 0.316 e. The summed E-state index contributed by atoms with van der Waals surface area (Å²) >= 11 is 1.19. The van der Waals surface area contributed by atoms with Gasteiger partial charge in [0.2, 0.25) is 0 Å². The standard InChI is InChI=1S/C18H17N3O4S/c1-11-9-12(2)20-18(19-11)26-10-15(22)25-8-7-21-16(23)13-5-3-4-6-14(13)17(21)24/h3-6,9H,7-8,10H2,1-2H3. The summed E-state index contributed by atoms with van der Waals surface area (Å²) in [7, 11) is 0. The molecule has 7 nitrogen and oxygen atoms in total. The van der Waals surface area contributed by atoms with Gasteiger partial charge >= 0.3 is 5.97 Å². The fourth-order valence-electron chi connectivity index (χ4n) is 2.62. The molecule has 0 aliphatic carbocycles. The van der Waals surface area contributed by atoms with E-state index in [4.69, 9.17) is 4.74 Å². The topological polar surface area (TPSA) is 89.5 Å². The molecule has 2 amide bonds. The molecule has 0 saturated carbocycles. The van der Waals surface area contributed by atoms with Crippen molar-refractivity contribution in [3.05, 3.63) is 52.8 Å². The Bertz CT molecular complexity index is 829. The van der Waals surface area contributed by atoms with Crippen molar-refractivity contribution in [1.82, 2.24) is 14.9 Å². The van der Waals surface area contributed by atoms with Crippen molar-refractivity contribution < 1.29 is 19.1 Å². The summed E-state index contributed by atoms with van der Waals surface area (Å²) in [6.45, 7) is 3.71. The number of benzene rings is 1. The van der Waals surface area contributed by atoms with Crippen molar-refractivity contribution in [2.45, 2.75) is 19.0 Å². The van der Waals surface area contributed by atoms with Crippen LogP contribution >= 0.6 is 11.8 Å². The molecule has 0 radical (unpaired) electrons. The number of esters is 1. The first kappa shape index (κ1) is 18.1. The van der Waals surface area contributed by atoms with Crippen molar-refractivity contribution >= 4 is 29.5 Å². The van der Waals surface area contributed by atoms with E-state index in [2.05, 4.69) is 9.97 Å². The van der Waals surface area contributed by atoms with Gasteiger partial charge in [0.05, 0.1) is 23.4 Å². The third-order valence-electron chi connectivity index (χ3n) is 3.74. The van der Waals surface area contributed by atoms with Gasteiger partial charge in [0, 0.05) is 11.4 Å². The molecule has 0 atom stereocenters. The highest BCUT2D eigenvalue weighted by Gasteiger charge is 2.34. The molecule has 1 aliphatic heterocycles. The average Bonchev–Trinajstić information content (AvgIpc) is 2.84. The number of hydrogen-bond donors (Lipinski definition) is 0. The minimum absolute atomic E-state index is 0.0306. The molecule has 0 unspecified atom stereocenters. The van der Waals surface area contributed by atoms with Crippen LogP contribution in [0, 0.1) is 13.8 Å². The highest BCUT2D eigenvalue weighted by molar-refractivity contribution is 7.99. The van der Waals surface area contributed by atoms with E-state index in [1.807, 2.05) is 19.9 Å². The maximum atomic E-state index is 12.2. The lowest BCUT2D eigenvalue weighted by molar-refractivity contribution is -0.140. The van der Waals surface area contributed by atoms with Crippen LogP contribution in [0.5, 0.6) is 0 Å². The smallest absolute Gasteiger partial charge is 0.316 e. The number of nitrogens with zero attached hydrogens (tertiary/aromatic N) is 3. The molecular formula is C18H17N3O4S. The molecule has 3 rings (SSSR count). The lowest BCUT2D eigenvalue weighted by Crippen LogP contribution is -2.33. The van der Waals surface area contributed by atoms with Gasteiger partial charge in [-0.1, -0.05) is 23.9 Å². The van der Waals surface area contributed by atoms with E-state index in [0.717, 1.165) is 16.3 Å². The average molecular weight is 371 g/mol. The van der Waals surface area contributed by atoms with Crippen LogP contribution in [-0.4, -0.2) is 51.6 Å². The number of fused-ring (bicyclic) bond motifs is 1. The number of hydrogen-bond acceptors (Lipinski definition) is 7. The molecule has 0 fully saturated rings. The van der Waals surface area contributed by atoms with Crippen molar-refractivity contribution in [3.63, 3.8) is 0 Å². The summed E-state index contributed by atoms with van der Waals surface area (Å²) in [5.74, 6) is -1.11. The third-order valence-corrected chi connectivity index (χ3v) is 4.56. The summed E-state index contributed by atoms with van der Waals surface area (Å²) in [4.78, 5) is 45.8. The van der Waals surface area contributed by atoms with E-state index >= 15 is 0 Å². The van der Waals surface area contributed by atoms with Crippen LogP contribution in [-0.2, 0) is 9.53 Å². The van der Waals surface area contributed by atoms with Crippen molar-refractivity contribution in [2.24, 2.45) is 0 Å². The van der Waals surface area contributed by atoms with E-state index in [9.17, 15) is 14.4 Å². The second-order valence-electron chi connectivity index (χ2n) is 5.75. The molecule has 134 valence electrons. The molecule has 1 aliphatic rings. The number of aryl methyl sites for hydroxylation is 2. The zero-order valence-corrected chi connectivity index (χ0v) is 15.2. The van der Waals surface area contributed by atoms with Gasteiger partial charge < -0.3 is 4.74 Å². The number of carbonyl (C=O) groups excluding carboxylic acids is 3. The molecule has 1 aromatic heterocycles. The van der Waals surface area contributed by atoms with Crippen LogP contribution in [0.15, 0.2) is 35.5 Å². The van der Waals surface area contributed by atoms with E-state index in [0.29, 0.717) is 16.3 Å². The normalized spacial score (nSPS) is 13.1. The zero-order valence-electron chi connectivity index (χ0n) is 14.4. The SMILES string of the molecule is Cc1cc(C)nc(SCC(=O)OCCN2C(=O)c3ccccc3C2=O)n1. The highest BCUT2D eigenvalue weighted by Crippen LogP contribution is 2.22. The number of carbonyl (C=O) groups is 3. The van der Waals surface area contributed by atoms with Gasteiger partial charge in [-0.15, -0.1) is 0 Å². The van der Waals surface area contributed by atoms with Crippen molar-refractivity contribution in [2.75, 3.05) is 18.9 Å². The van der Waals surface area contributed by atoms with E-state index in [-0.39, 0.29) is 30.7 Å². The maximum absolute atomic E-state index is 12.2. The molecule has 2 heterocycles. The fraction of sp³-hybridized carbons (Fsp3) is 0.278.